The summed E-state index contributed by atoms with van der Waals surface area (Å²) in [7, 11) is -1.31. The molecule has 2 aliphatic heterocycles. The van der Waals surface area contributed by atoms with Gasteiger partial charge in [-0.3, -0.25) is 4.90 Å². The molecular formula is C23H20Cl2N2O3S. The minimum absolute atomic E-state index is 0.0276. The highest BCUT2D eigenvalue weighted by molar-refractivity contribution is 7.83. The second kappa shape index (κ2) is 8.43. The van der Waals surface area contributed by atoms with E-state index in [1.807, 2.05) is 46.8 Å². The minimum Gasteiger partial charge on any atom is -0.444 e. The van der Waals surface area contributed by atoms with Crippen molar-refractivity contribution in [1.29, 1.82) is 0 Å². The standard InChI is InChI=1S/C23H20Cl2N2O3S/c24-19-6-3-7-21-18(19)14-30-23(28)27(21)15-10-12-26(13-11-15)31(29)22-9-8-20(25)16-4-1-2-5-17(16)22/h1-9,15H,10-14H2. The average molecular weight is 475 g/mol. The van der Waals surface area contributed by atoms with Crippen molar-refractivity contribution in [2.24, 2.45) is 0 Å². The maximum absolute atomic E-state index is 13.4. The third kappa shape index (κ3) is 3.72. The van der Waals surface area contributed by atoms with Crippen LogP contribution in [0.3, 0.4) is 0 Å². The molecule has 0 saturated carbocycles. The Morgan fingerprint density at radius 2 is 1.65 bits per heavy atom. The van der Waals surface area contributed by atoms with Crippen molar-refractivity contribution < 1.29 is 13.7 Å². The molecule has 1 saturated heterocycles. The summed E-state index contributed by atoms with van der Waals surface area (Å²) in [6.45, 7) is 1.40. The number of ether oxygens (including phenoxy) is 1. The number of rotatable bonds is 3. The number of amides is 1. The molecule has 2 heterocycles. The van der Waals surface area contributed by atoms with Gasteiger partial charge in [0.1, 0.15) is 17.6 Å². The molecule has 5 nitrogen and oxygen atoms in total. The smallest absolute Gasteiger partial charge is 0.414 e. The van der Waals surface area contributed by atoms with Gasteiger partial charge in [0, 0.05) is 45.5 Å². The Morgan fingerprint density at radius 1 is 0.903 bits per heavy atom. The fourth-order valence-corrected chi connectivity index (χ4v) is 6.18. The summed E-state index contributed by atoms with van der Waals surface area (Å²) in [5, 5.41) is 3.05. The zero-order valence-corrected chi connectivity index (χ0v) is 18.9. The summed E-state index contributed by atoms with van der Waals surface area (Å²) >= 11 is 12.6. The number of nitrogens with zero attached hydrogens (tertiary/aromatic N) is 2. The van der Waals surface area contributed by atoms with E-state index in [-0.39, 0.29) is 18.7 Å². The van der Waals surface area contributed by atoms with E-state index in [1.165, 1.54) is 0 Å². The van der Waals surface area contributed by atoms with Crippen LogP contribution in [0.15, 0.2) is 59.5 Å². The molecule has 0 bridgehead atoms. The van der Waals surface area contributed by atoms with Crippen LogP contribution in [0.2, 0.25) is 10.0 Å². The molecule has 1 fully saturated rings. The van der Waals surface area contributed by atoms with Crippen LogP contribution in [0.4, 0.5) is 10.5 Å². The lowest BCUT2D eigenvalue weighted by molar-refractivity contribution is 0.136. The van der Waals surface area contributed by atoms with Crippen LogP contribution in [0.5, 0.6) is 0 Å². The van der Waals surface area contributed by atoms with Crippen LogP contribution in [-0.4, -0.2) is 33.7 Å². The normalized spacial score (nSPS) is 18.6. The quantitative estimate of drug-likeness (QED) is 0.482. The molecule has 3 aromatic carbocycles. The van der Waals surface area contributed by atoms with Gasteiger partial charge < -0.3 is 4.74 Å². The number of carbonyl (C=O) groups excluding carboxylic acids is 1. The highest BCUT2D eigenvalue weighted by atomic mass is 35.5. The van der Waals surface area contributed by atoms with E-state index in [1.54, 1.807) is 17.0 Å². The van der Waals surface area contributed by atoms with Crippen molar-refractivity contribution in [2.45, 2.75) is 30.4 Å². The Bertz CT molecular complexity index is 1190. The summed E-state index contributed by atoms with van der Waals surface area (Å²) < 4.78 is 20.7. The van der Waals surface area contributed by atoms with Gasteiger partial charge in [-0.15, -0.1) is 0 Å². The fourth-order valence-electron chi connectivity index (χ4n) is 4.36. The first-order chi connectivity index (χ1) is 15.0. The number of halogens is 2. The number of benzene rings is 3. The van der Waals surface area contributed by atoms with Crippen LogP contribution in [-0.2, 0) is 22.3 Å². The second-order valence-electron chi connectivity index (χ2n) is 7.66. The topological polar surface area (TPSA) is 49.9 Å². The largest absolute Gasteiger partial charge is 0.444 e. The SMILES string of the molecule is O=C1OCc2c(Cl)cccc2N1C1CCN(S(=O)c2ccc(Cl)c3ccccc23)CC1. The van der Waals surface area contributed by atoms with Crippen LogP contribution >= 0.6 is 23.2 Å². The number of hydrogen-bond donors (Lipinski definition) is 0. The highest BCUT2D eigenvalue weighted by Gasteiger charge is 2.36. The summed E-state index contributed by atoms with van der Waals surface area (Å²) in [5.74, 6) is 0. The number of carbonyl (C=O) groups is 1. The Kier molecular flexibility index (Phi) is 5.65. The lowest BCUT2D eigenvalue weighted by atomic mass is 10.0. The second-order valence-corrected chi connectivity index (χ2v) is 9.93. The number of anilines is 1. The molecule has 0 radical (unpaired) electrons. The van der Waals surface area contributed by atoms with Crippen LogP contribution < -0.4 is 4.90 Å². The first-order valence-corrected chi connectivity index (χ1v) is 12.0. The molecule has 2 aliphatic rings. The predicted molar refractivity (Wildman–Crippen MR) is 124 cm³/mol. The van der Waals surface area contributed by atoms with Gasteiger partial charge in [0.25, 0.3) is 0 Å². The van der Waals surface area contributed by atoms with E-state index in [0.717, 1.165) is 26.9 Å². The molecule has 1 atom stereocenters. The van der Waals surface area contributed by atoms with Crippen LogP contribution in [0.25, 0.3) is 10.8 Å². The zero-order chi connectivity index (χ0) is 21.5. The lowest BCUT2D eigenvalue weighted by Gasteiger charge is -2.39. The van der Waals surface area contributed by atoms with E-state index < -0.39 is 11.0 Å². The number of piperidine rings is 1. The molecule has 0 aliphatic carbocycles. The molecule has 0 spiro atoms. The highest BCUT2D eigenvalue weighted by Crippen LogP contribution is 2.36. The molecule has 0 N–H and O–H groups in total. The Labute approximate surface area is 193 Å². The van der Waals surface area contributed by atoms with Crippen molar-refractivity contribution in [2.75, 3.05) is 18.0 Å². The predicted octanol–water partition coefficient (Wildman–Crippen LogP) is 5.79. The zero-order valence-electron chi connectivity index (χ0n) is 16.6. The molecule has 3 aromatic rings. The molecule has 1 amide bonds. The lowest BCUT2D eigenvalue weighted by Crippen LogP contribution is -2.49. The number of hydrogen-bond acceptors (Lipinski definition) is 3. The van der Waals surface area contributed by atoms with E-state index in [2.05, 4.69) is 0 Å². The molecule has 1 unspecified atom stereocenters. The summed E-state index contributed by atoms with van der Waals surface area (Å²) in [6, 6.07) is 16.9. The van der Waals surface area contributed by atoms with E-state index in [9.17, 15) is 9.00 Å². The van der Waals surface area contributed by atoms with Gasteiger partial charge in [-0.2, -0.15) is 0 Å². The maximum atomic E-state index is 13.4. The molecule has 31 heavy (non-hydrogen) atoms. The van der Waals surface area contributed by atoms with Gasteiger partial charge >= 0.3 is 6.09 Å². The average Bonchev–Trinajstić information content (AvgIpc) is 2.79. The minimum atomic E-state index is -1.31. The van der Waals surface area contributed by atoms with Crippen LogP contribution in [0, 0.1) is 0 Å². The summed E-state index contributed by atoms with van der Waals surface area (Å²) in [4.78, 5) is 15.0. The van der Waals surface area contributed by atoms with Crippen LogP contribution in [0.1, 0.15) is 18.4 Å². The third-order valence-electron chi connectivity index (χ3n) is 5.93. The first-order valence-electron chi connectivity index (χ1n) is 10.1. The van der Waals surface area contributed by atoms with Crippen molar-refractivity contribution >= 4 is 56.7 Å². The first kappa shape index (κ1) is 20.8. The third-order valence-corrected chi connectivity index (χ3v) is 8.18. The molecule has 160 valence electrons. The molecule has 8 heteroatoms. The van der Waals surface area contributed by atoms with E-state index >= 15 is 0 Å². The fraction of sp³-hybridized carbons (Fsp3) is 0.261. The molecule has 0 aromatic heterocycles. The van der Waals surface area contributed by atoms with Crippen molar-refractivity contribution in [3.8, 4) is 0 Å². The van der Waals surface area contributed by atoms with Gasteiger partial charge in [-0.05, 0) is 37.1 Å². The van der Waals surface area contributed by atoms with Crippen molar-refractivity contribution in [3.63, 3.8) is 0 Å². The van der Waals surface area contributed by atoms with Gasteiger partial charge in [0.2, 0.25) is 0 Å². The number of fused-ring (bicyclic) bond motifs is 2. The molecule has 5 rings (SSSR count). The summed E-state index contributed by atoms with van der Waals surface area (Å²) in [5.41, 5.74) is 1.65. The van der Waals surface area contributed by atoms with Crippen molar-refractivity contribution in [3.05, 3.63) is 70.2 Å². The molecular weight excluding hydrogens is 455 g/mol. The van der Waals surface area contributed by atoms with Gasteiger partial charge in [-0.1, -0.05) is 53.5 Å². The van der Waals surface area contributed by atoms with Gasteiger partial charge in [0.05, 0.1) is 10.6 Å². The Hall–Kier alpha value is -2.12. The van der Waals surface area contributed by atoms with Gasteiger partial charge in [-0.25, -0.2) is 13.3 Å². The van der Waals surface area contributed by atoms with Gasteiger partial charge in [0.15, 0.2) is 0 Å². The Balaban J connectivity index is 1.36. The monoisotopic (exact) mass is 474 g/mol. The number of cyclic esters (lactones) is 1. The van der Waals surface area contributed by atoms with Crippen molar-refractivity contribution in [1.82, 2.24) is 4.31 Å². The van der Waals surface area contributed by atoms with E-state index in [0.29, 0.717) is 36.0 Å². The Morgan fingerprint density at radius 3 is 2.42 bits per heavy atom. The maximum Gasteiger partial charge on any atom is 0.414 e. The van der Waals surface area contributed by atoms with E-state index in [4.69, 9.17) is 27.9 Å². The summed E-state index contributed by atoms with van der Waals surface area (Å²) in [6.07, 6.45) is 1.04.